The van der Waals surface area contributed by atoms with E-state index in [-0.39, 0.29) is 11.7 Å². The highest BCUT2D eigenvalue weighted by molar-refractivity contribution is 5.55. The lowest BCUT2D eigenvalue weighted by atomic mass is 10.1. The Bertz CT molecular complexity index is 542. The molecule has 5 nitrogen and oxygen atoms in total. The van der Waals surface area contributed by atoms with Gasteiger partial charge in [-0.2, -0.15) is 4.98 Å². The summed E-state index contributed by atoms with van der Waals surface area (Å²) in [7, 11) is 0. The van der Waals surface area contributed by atoms with E-state index in [0.717, 1.165) is 0 Å². The molecule has 0 amide bonds. The van der Waals surface area contributed by atoms with Crippen molar-refractivity contribution in [1.29, 1.82) is 0 Å². The first-order chi connectivity index (χ1) is 8.61. The van der Waals surface area contributed by atoms with Crippen molar-refractivity contribution in [2.24, 2.45) is 5.73 Å². The third-order valence-electron chi connectivity index (χ3n) is 2.58. The smallest absolute Gasteiger partial charge is 0.255 e. The number of aliphatic hydroxyl groups is 1. The number of nitrogens with two attached hydrogens (primary N) is 1. The highest BCUT2D eigenvalue weighted by atomic mass is 19.1. The Morgan fingerprint density at radius 1 is 1.50 bits per heavy atom. The van der Waals surface area contributed by atoms with Gasteiger partial charge in [-0.25, -0.2) is 4.39 Å². The normalized spacial score (nSPS) is 12.7. The molecule has 0 fully saturated rings. The molecule has 0 aliphatic rings. The molecular formula is C12H14FN3O2. The summed E-state index contributed by atoms with van der Waals surface area (Å²) in [6, 6.07) is 4.53. The summed E-state index contributed by atoms with van der Waals surface area (Å²) in [5, 5.41) is 13.4. The molecule has 0 radical (unpaired) electrons. The highest BCUT2D eigenvalue weighted by Gasteiger charge is 2.16. The van der Waals surface area contributed by atoms with Crippen LogP contribution in [0.3, 0.4) is 0 Å². The van der Waals surface area contributed by atoms with Gasteiger partial charge in [0.05, 0.1) is 0 Å². The van der Waals surface area contributed by atoms with Crippen LogP contribution >= 0.6 is 0 Å². The predicted octanol–water partition coefficient (Wildman–Crippen LogP) is 1.57. The number of benzene rings is 1. The second kappa shape index (κ2) is 5.24. The van der Waals surface area contributed by atoms with Crippen molar-refractivity contribution < 1.29 is 14.0 Å². The lowest BCUT2D eigenvalue weighted by Crippen LogP contribution is -2.06. The van der Waals surface area contributed by atoms with Crippen molar-refractivity contribution in [3.8, 4) is 11.4 Å². The van der Waals surface area contributed by atoms with Gasteiger partial charge in [0.1, 0.15) is 11.9 Å². The van der Waals surface area contributed by atoms with Crippen LogP contribution in [0.2, 0.25) is 0 Å². The quantitative estimate of drug-likeness (QED) is 0.861. The van der Waals surface area contributed by atoms with Crippen LogP contribution < -0.4 is 5.73 Å². The average Bonchev–Trinajstić information content (AvgIpc) is 2.82. The van der Waals surface area contributed by atoms with Crippen LogP contribution in [0.5, 0.6) is 0 Å². The van der Waals surface area contributed by atoms with Gasteiger partial charge in [0, 0.05) is 5.56 Å². The fraction of sp³-hybridized carbons (Fsp3) is 0.333. The molecule has 0 aliphatic heterocycles. The molecule has 0 aliphatic carbocycles. The predicted molar refractivity (Wildman–Crippen MR) is 63.1 cm³/mol. The molecule has 1 atom stereocenters. The molecule has 0 saturated carbocycles. The Labute approximate surface area is 103 Å². The highest BCUT2D eigenvalue weighted by Crippen LogP contribution is 2.21. The molecule has 1 heterocycles. The summed E-state index contributed by atoms with van der Waals surface area (Å²) in [4.78, 5) is 4.06. The van der Waals surface area contributed by atoms with Gasteiger partial charge in [0.25, 0.3) is 5.89 Å². The molecule has 1 aromatic carbocycles. The molecule has 0 saturated heterocycles. The van der Waals surface area contributed by atoms with Gasteiger partial charge in [-0.1, -0.05) is 5.16 Å². The third-order valence-corrected chi connectivity index (χ3v) is 2.58. The van der Waals surface area contributed by atoms with Crippen LogP contribution in [0.1, 0.15) is 24.0 Å². The summed E-state index contributed by atoms with van der Waals surface area (Å²) >= 11 is 0. The number of hydrogen-bond acceptors (Lipinski definition) is 5. The zero-order valence-corrected chi connectivity index (χ0v) is 9.93. The minimum absolute atomic E-state index is 0.123. The molecule has 2 aromatic rings. The molecule has 18 heavy (non-hydrogen) atoms. The Balaban J connectivity index is 2.26. The number of aryl methyl sites for hydroxylation is 1. The van der Waals surface area contributed by atoms with Crippen molar-refractivity contribution in [2.45, 2.75) is 19.4 Å². The van der Waals surface area contributed by atoms with E-state index in [1.807, 2.05) is 0 Å². The van der Waals surface area contributed by atoms with Crippen molar-refractivity contribution in [3.63, 3.8) is 0 Å². The van der Waals surface area contributed by atoms with Crippen LogP contribution in [0, 0.1) is 12.7 Å². The van der Waals surface area contributed by atoms with Crippen molar-refractivity contribution in [1.82, 2.24) is 10.1 Å². The van der Waals surface area contributed by atoms with Crippen LogP contribution in [0.15, 0.2) is 22.7 Å². The van der Waals surface area contributed by atoms with Gasteiger partial charge < -0.3 is 15.4 Å². The van der Waals surface area contributed by atoms with Gasteiger partial charge >= 0.3 is 0 Å². The first-order valence-corrected chi connectivity index (χ1v) is 5.60. The SMILES string of the molecule is Cc1cc(-c2noc(C(O)CCN)n2)ccc1F. The molecule has 6 heteroatoms. The summed E-state index contributed by atoms with van der Waals surface area (Å²) < 4.78 is 18.1. The fourth-order valence-electron chi connectivity index (χ4n) is 1.55. The minimum atomic E-state index is -0.863. The van der Waals surface area contributed by atoms with Crippen LogP contribution in [0.4, 0.5) is 4.39 Å². The maximum absolute atomic E-state index is 13.1. The maximum atomic E-state index is 13.1. The lowest BCUT2D eigenvalue weighted by molar-refractivity contribution is 0.127. The van der Waals surface area contributed by atoms with E-state index in [0.29, 0.717) is 29.9 Å². The van der Waals surface area contributed by atoms with E-state index in [4.69, 9.17) is 10.3 Å². The topological polar surface area (TPSA) is 85.2 Å². The Morgan fingerprint density at radius 3 is 2.94 bits per heavy atom. The molecule has 0 bridgehead atoms. The third kappa shape index (κ3) is 2.55. The van der Waals surface area contributed by atoms with Gasteiger partial charge in [-0.3, -0.25) is 0 Å². The fourth-order valence-corrected chi connectivity index (χ4v) is 1.55. The summed E-state index contributed by atoms with van der Waals surface area (Å²) in [5.74, 6) is 0.159. The zero-order valence-electron chi connectivity index (χ0n) is 9.93. The van der Waals surface area contributed by atoms with E-state index >= 15 is 0 Å². The van der Waals surface area contributed by atoms with Crippen LogP contribution in [0.25, 0.3) is 11.4 Å². The maximum Gasteiger partial charge on any atom is 0.255 e. The van der Waals surface area contributed by atoms with E-state index < -0.39 is 6.10 Å². The lowest BCUT2D eigenvalue weighted by Gasteiger charge is -2.01. The Morgan fingerprint density at radius 2 is 2.28 bits per heavy atom. The molecule has 96 valence electrons. The number of rotatable bonds is 4. The van der Waals surface area contributed by atoms with Crippen molar-refractivity contribution in [3.05, 3.63) is 35.5 Å². The van der Waals surface area contributed by atoms with Crippen molar-refractivity contribution in [2.75, 3.05) is 6.54 Å². The van der Waals surface area contributed by atoms with E-state index in [2.05, 4.69) is 10.1 Å². The minimum Gasteiger partial charge on any atom is -0.383 e. The molecule has 2 rings (SSSR count). The van der Waals surface area contributed by atoms with Crippen LogP contribution in [-0.4, -0.2) is 21.8 Å². The molecule has 1 aromatic heterocycles. The first-order valence-electron chi connectivity index (χ1n) is 5.60. The number of nitrogens with zero attached hydrogens (tertiary/aromatic N) is 2. The number of halogens is 1. The summed E-state index contributed by atoms with van der Waals surface area (Å²) in [6.45, 7) is 1.98. The molecule has 0 spiro atoms. The van der Waals surface area contributed by atoms with Crippen LogP contribution in [-0.2, 0) is 0 Å². The molecule has 1 unspecified atom stereocenters. The van der Waals surface area contributed by atoms with E-state index in [9.17, 15) is 9.50 Å². The van der Waals surface area contributed by atoms with Gasteiger partial charge in [0.15, 0.2) is 0 Å². The monoisotopic (exact) mass is 251 g/mol. The standard InChI is InChI=1S/C12H14FN3O2/c1-7-6-8(2-3-9(7)13)11-15-12(18-16-11)10(17)4-5-14/h2-3,6,10,17H,4-5,14H2,1H3. The number of hydrogen-bond donors (Lipinski definition) is 2. The number of aliphatic hydroxyl groups excluding tert-OH is 1. The Hall–Kier alpha value is -1.79. The van der Waals surface area contributed by atoms with Crippen molar-refractivity contribution >= 4 is 0 Å². The summed E-state index contributed by atoms with van der Waals surface area (Å²) in [5.41, 5.74) is 6.47. The van der Waals surface area contributed by atoms with Gasteiger partial charge in [-0.05, 0) is 43.7 Å². The molecular weight excluding hydrogens is 237 g/mol. The van der Waals surface area contributed by atoms with E-state index in [1.54, 1.807) is 19.1 Å². The van der Waals surface area contributed by atoms with Gasteiger partial charge in [0.2, 0.25) is 5.82 Å². The average molecular weight is 251 g/mol. The second-order valence-electron chi connectivity index (χ2n) is 4.01. The van der Waals surface area contributed by atoms with Gasteiger partial charge in [-0.15, -0.1) is 0 Å². The second-order valence-corrected chi connectivity index (χ2v) is 4.01. The zero-order chi connectivity index (χ0) is 13.1. The summed E-state index contributed by atoms with van der Waals surface area (Å²) in [6.07, 6.45) is -0.512. The number of aromatic nitrogens is 2. The van der Waals surface area contributed by atoms with E-state index in [1.165, 1.54) is 6.07 Å². The largest absolute Gasteiger partial charge is 0.383 e. The molecule has 3 N–H and O–H groups in total. The first kappa shape index (κ1) is 12.7. The Kier molecular flexibility index (Phi) is 3.69.